The zero-order chi connectivity index (χ0) is 18.5. The first-order chi connectivity index (χ1) is 12.5. The number of carbonyl (C=O) groups is 3. The number of thioether (sulfide) groups is 1. The average Bonchev–Trinajstić information content (AvgIpc) is 2.97. The molecule has 0 saturated carbocycles. The van der Waals surface area contributed by atoms with Crippen molar-refractivity contribution in [3.63, 3.8) is 0 Å². The van der Waals surface area contributed by atoms with Gasteiger partial charge in [0, 0.05) is 5.56 Å². The van der Waals surface area contributed by atoms with Gasteiger partial charge in [0.05, 0.1) is 11.9 Å². The summed E-state index contributed by atoms with van der Waals surface area (Å²) in [6, 6.07) is 13.9. The molecule has 26 heavy (non-hydrogen) atoms. The van der Waals surface area contributed by atoms with Crippen LogP contribution in [-0.2, 0) is 17.8 Å². The van der Waals surface area contributed by atoms with Gasteiger partial charge in [-0.15, -0.1) is 0 Å². The van der Waals surface area contributed by atoms with Crippen LogP contribution in [-0.4, -0.2) is 33.9 Å². The van der Waals surface area contributed by atoms with Crippen LogP contribution in [0.4, 0.5) is 4.79 Å². The minimum atomic E-state index is -0.408. The van der Waals surface area contributed by atoms with Crippen molar-refractivity contribution in [3.8, 4) is 5.75 Å². The van der Waals surface area contributed by atoms with E-state index < -0.39 is 5.25 Å². The highest BCUT2D eigenvalue weighted by molar-refractivity contribution is 8.15. The Bertz CT molecular complexity index is 834. The molecule has 2 N–H and O–H groups in total. The molecule has 1 unspecified atom stereocenters. The van der Waals surface area contributed by atoms with E-state index >= 15 is 0 Å². The van der Waals surface area contributed by atoms with Gasteiger partial charge in [0.2, 0.25) is 5.91 Å². The molecule has 1 fully saturated rings. The second-order valence-corrected chi connectivity index (χ2v) is 6.98. The second-order valence-electron chi connectivity index (χ2n) is 5.80. The van der Waals surface area contributed by atoms with Crippen molar-refractivity contribution in [2.24, 2.45) is 0 Å². The number of aliphatic hydroxyl groups is 1. The summed E-state index contributed by atoms with van der Waals surface area (Å²) in [7, 11) is 0. The van der Waals surface area contributed by atoms with Gasteiger partial charge in [0.15, 0.2) is 12.4 Å². The smallest absolute Gasteiger partial charge is 0.286 e. The third-order valence-electron chi connectivity index (χ3n) is 3.91. The third-order valence-corrected chi connectivity index (χ3v) is 4.89. The molecule has 1 aliphatic heterocycles. The molecule has 1 heterocycles. The van der Waals surface area contributed by atoms with Crippen LogP contribution in [0.1, 0.15) is 21.5 Å². The lowest BCUT2D eigenvalue weighted by atomic mass is 10.1. The lowest BCUT2D eigenvalue weighted by Gasteiger charge is -2.09. The molecule has 2 amide bonds. The summed E-state index contributed by atoms with van der Waals surface area (Å²) in [5, 5.41) is 10.7. The van der Waals surface area contributed by atoms with E-state index in [2.05, 4.69) is 5.32 Å². The van der Waals surface area contributed by atoms with Gasteiger partial charge < -0.3 is 9.84 Å². The quantitative estimate of drug-likeness (QED) is 0.726. The summed E-state index contributed by atoms with van der Waals surface area (Å²) in [5.74, 6) is 0.0953. The molecule has 6 nitrogen and oxygen atoms in total. The number of Topliss-reactive ketones (excluding diaryl/α,β-unsaturated/α-hetero) is 1. The first kappa shape index (κ1) is 18.2. The SMILES string of the molecule is O=C1NC(=O)C(Cc2ccc(OCC(=O)c3cccc(CO)c3)cc2)S1. The fourth-order valence-corrected chi connectivity index (χ4v) is 3.40. The van der Waals surface area contributed by atoms with Gasteiger partial charge in [-0.3, -0.25) is 19.7 Å². The topological polar surface area (TPSA) is 92.7 Å². The predicted molar refractivity (Wildman–Crippen MR) is 97.3 cm³/mol. The molecule has 1 saturated heterocycles. The van der Waals surface area contributed by atoms with Gasteiger partial charge in [-0.05, 0) is 35.7 Å². The Hall–Kier alpha value is -2.64. The maximum Gasteiger partial charge on any atom is 0.286 e. The molecule has 0 aromatic heterocycles. The Balaban J connectivity index is 1.55. The third kappa shape index (κ3) is 4.50. The maximum atomic E-state index is 12.2. The Morgan fingerprint density at radius 3 is 2.54 bits per heavy atom. The fraction of sp³-hybridized carbons (Fsp3) is 0.211. The number of benzene rings is 2. The summed E-state index contributed by atoms with van der Waals surface area (Å²) in [6.45, 7) is -0.226. The highest BCUT2D eigenvalue weighted by Gasteiger charge is 2.31. The summed E-state index contributed by atoms with van der Waals surface area (Å²) >= 11 is 0.994. The molecule has 134 valence electrons. The number of hydrogen-bond donors (Lipinski definition) is 2. The van der Waals surface area contributed by atoms with Crippen molar-refractivity contribution in [2.75, 3.05) is 6.61 Å². The molecule has 3 rings (SSSR count). The van der Waals surface area contributed by atoms with Crippen molar-refractivity contribution >= 4 is 28.7 Å². The van der Waals surface area contributed by atoms with E-state index in [1.165, 1.54) is 0 Å². The Labute approximate surface area is 154 Å². The van der Waals surface area contributed by atoms with Crippen molar-refractivity contribution in [3.05, 3.63) is 65.2 Å². The zero-order valence-corrected chi connectivity index (χ0v) is 14.6. The Kier molecular flexibility index (Phi) is 5.70. The molecule has 2 aromatic rings. The number of nitrogens with one attached hydrogen (secondary N) is 1. The van der Waals surface area contributed by atoms with Crippen molar-refractivity contribution in [2.45, 2.75) is 18.3 Å². The fourth-order valence-electron chi connectivity index (χ4n) is 2.54. The molecule has 0 spiro atoms. The molecule has 0 radical (unpaired) electrons. The lowest BCUT2D eigenvalue weighted by Crippen LogP contribution is -2.25. The van der Waals surface area contributed by atoms with Gasteiger partial charge in [-0.2, -0.15) is 0 Å². The highest BCUT2D eigenvalue weighted by atomic mass is 32.2. The van der Waals surface area contributed by atoms with Crippen LogP contribution in [0.25, 0.3) is 0 Å². The van der Waals surface area contributed by atoms with Crippen LogP contribution in [0.2, 0.25) is 0 Å². The largest absolute Gasteiger partial charge is 0.485 e. The van der Waals surface area contributed by atoms with Crippen molar-refractivity contribution < 1.29 is 24.2 Å². The number of amides is 2. The molecule has 1 aliphatic rings. The number of ketones is 1. The van der Waals surface area contributed by atoms with E-state index in [0.717, 1.165) is 17.3 Å². The normalized spacial score (nSPS) is 16.4. The van der Waals surface area contributed by atoms with Crippen LogP contribution in [0, 0.1) is 0 Å². The molecule has 1 atom stereocenters. The van der Waals surface area contributed by atoms with E-state index in [9.17, 15) is 14.4 Å². The molecule has 0 aliphatic carbocycles. The van der Waals surface area contributed by atoms with Gasteiger partial charge in [0.1, 0.15) is 5.75 Å². The lowest BCUT2D eigenvalue weighted by molar-refractivity contribution is -0.118. The van der Waals surface area contributed by atoms with Gasteiger partial charge >= 0.3 is 0 Å². The molecular formula is C19H17NO5S. The molecular weight excluding hydrogens is 354 g/mol. The highest BCUT2D eigenvalue weighted by Crippen LogP contribution is 2.24. The first-order valence-electron chi connectivity index (χ1n) is 8.01. The summed E-state index contributed by atoms with van der Waals surface area (Å²) < 4.78 is 5.51. The standard InChI is InChI=1S/C19H17NO5S/c21-10-13-2-1-3-14(8-13)16(22)11-25-15-6-4-12(5-7-15)9-17-18(23)20-19(24)26-17/h1-8,17,21H,9-11H2,(H,20,23,24). The van der Waals surface area contributed by atoms with E-state index in [0.29, 0.717) is 23.3 Å². The number of carbonyl (C=O) groups excluding carboxylic acids is 3. The zero-order valence-electron chi connectivity index (χ0n) is 13.8. The van der Waals surface area contributed by atoms with Crippen LogP contribution in [0.5, 0.6) is 5.75 Å². The van der Waals surface area contributed by atoms with Crippen molar-refractivity contribution in [1.29, 1.82) is 0 Å². The van der Waals surface area contributed by atoms with Crippen LogP contribution in [0.15, 0.2) is 48.5 Å². The minimum absolute atomic E-state index is 0.108. The van der Waals surface area contributed by atoms with E-state index in [-0.39, 0.29) is 30.1 Å². The summed E-state index contributed by atoms with van der Waals surface area (Å²) in [4.78, 5) is 34.9. The number of hydrogen-bond acceptors (Lipinski definition) is 6. The van der Waals surface area contributed by atoms with Crippen LogP contribution in [0.3, 0.4) is 0 Å². The van der Waals surface area contributed by atoms with Gasteiger partial charge in [-0.1, -0.05) is 42.1 Å². The number of aliphatic hydroxyl groups excluding tert-OH is 1. The number of imide groups is 1. The van der Waals surface area contributed by atoms with Gasteiger partial charge in [0.25, 0.3) is 5.24 Å². The van der Waals surface area contributed by atoms with E-state index in [4.69, 9.17) is 9.84 Å². The van der Waals surface area contributed by atoms with Gasteiger partial charge in [-0.25, -0.2) is 0 Å². The van der Waals surface area contributed by atoms with Crippen LogP contribution >= 0.6 is 11.8 Å². The first-order valence-corrected chi connectivity index (χ1v) is 8.89. The minimum Gasteiger partial charge on any atom is -0.485 e. The van der Waals surface area contributed by atoms with Crippen LogP contribution < -0.4 is 10.1 Å². The second kappa shape index (κ2) is 8.16. The average molecular weight is 371 g/mol. The molecule has 7 heteroatoms. The maximum absolute atomic E-state index is 12.2. The molecule has 2 aromatic carbocycles. The summed E-state index contributed by atoms with van der Waals surface area (Å²) in [5.41, 5.74) is 2.07. The summed E-state index contributed by atoms with van der Waals surface area (Å²) in [6.07, 6.45) is 0.454. The van der Waals surface area contributed by atoms with Crippen molar-refractivity contribution in [1.82, 2.24) is 5.32 Å². The number of rotatable bonds is 7. The van der Waals surface area contributed by atoms with E-state index in [1.807, 2.05) is 12.1 Å². The number of ether oxygens (including phenoxy) is 1. The van der Waals surface area contributed by atoms with E-state index in [1.54, 1.807) is 36.4 Å². The Morgan fingerprint density at radius 1 is 1.12 bits per heavy atom. The Morgan fingerprint density at radius 2 is 1.88 bits per heavy atom. The predicted octanol–water partition coefficient (Wildman–Crippen LogP) is 2.33. The molecule has 0 bridgehead atoms. The monoisotopic (exact) mass is 371 g/mol.